The summed E-state index contributed by atoms with van der Waals surface area (Å²) in [5.41, 5.74) is 0. The van der Waals surface area contributed by atoms with Crippen LogP contribution in [0.1, 0.15) is 12.8 Å². The number of amides is 1. The molecule has 162 valence electrons. The molecule has 2 heterocycles. The van der Waals surface area contributed by atoms with Crippen LogP contribution in [0.5, 0.6) is 0 Å². The second-order valence-electron chi connectivity index (χ2n) is 7.71. The number of hydrogen-bond donors (Lipinski definition) is 1. The molecule has 1 N–H and O–H groups in total. The molecule has 1 aromatic carbocycles. The van der Waals surface area contributed by atoms with Gasteiger partial charge in [-0.3, -0.25) is 9.69 Å². The summed E-state index contributed by atoms with van der Waals surface area (Å²) in [6, 6.07) is 8.77. The number of likely N-dealkylation sites (N-methyl/N-ethyl adjacent to an activating group) is 1. The van der Waals surface area contributed by atoms with E-state index in [1.54, 1.807) is 30.3 Å². The zero-order chi connectivity index (χ0) is 20.7. The predicted molar refractivity (Wildman–Crippen MR) is 111 cm³/mol. The standard InChI is InChI=1S/C20H32N4O4S/c1-22-12-14-23(15-13-22)18-7-10-24(11-8-18)20(25)17-28-16-9-21-29(26,27)19-5-3-2-4-6-19/h2-6,18,21H,7-17H2,1H3. The smallest absolute Gasteiger partial charge is 0.248 e. The minimum atomic E-state index is -3.53. The van der Waals surface area contributed by atoms with E-state index in [4.69, 9.17) is 4.74 Å². The van der Waals surface area contributed by atoms with Crippen LogP contribution in [0.2, 0.25) is 0 Å². The molecule has 29 heavy (non-hydrogen) atoms. The van der Waals surface area contributed by atoms with Crippen molar-refractivity contribution >= 4 is 15.9 Å². The molecule has 0 aliphatic carbocycles. The van der Waals surface area contributed by atoms with Crippen LogP contribution < -0.4 is 4.72 Å². The van der Waals surface area contributed by atoms with Gasteiger partial charge < -0.3 is 14.5 Å². The lowest BCUT2D eigenvalue weighted by atomic mass is 10.0. The molecule has 2 aliphatic rings. The first-order valence-corrected chi connectivity index (χ1v) is 11.8. The molecule has 2 fully saturated rings. The molecule has 3 rings (SSSR count). The Bertz CT molecular complexity index is 743. The Morgan fingerprint density at radius 3 is 2.38 bits per heavy atom. The lowest BCUT2D eigenvalue weighted by Crippen LogP contribution is -2.53. The number of piperidine rings is 1. The van der Waals surface area contributed by atoms with Crippen molar-refractivity contribution in [2.45, 2.75) is 23.8 Å². The molecule has 9 heteroatoms. The average Bonchev–Trinajstić information content (AvgIpc) is 2.74. The SMILES string of the molecule is CN1CCN(C2CCN(C(=O)COCCNS(=O)(=O)c3ccccc3)CC2)CC1. The first-order chi connectivity index (χ1) is 14.0. The highest BCUT2D eigenvalue weighted by molar-refractivity contribution is 7.89. The van der Waals surface area contributed by atoms with Crippen LogP contribution in [-0.4, -0.2) is 101 Å². The van der Waals surface area contributed by atoms with E-state index in [0.717, 1.165) is 52.1 Å². The maximum Gasteiger partial charge on any atom is 0.248 e. The van der Waals surface area contributed by atoms with Gasteiger partial charge in [-0.15, -0.1) is 0 Å². The van der Waals surface area contributed by atoms with Gasteiger partial charge in [-0.2, -0.15) is 0 Å². The molecular formula is C20H32N4O4S. The van der Waals surface area contributed by atoms with E-state index in [2.05, 4.69) is 21.6 Å². The Kier molecular flexibility index (Phi) is 8.02. The van der Waals surface area contributed by atoms with Crippen molar-refractivity contribution in [3.63, 3.8) is 0 Å². The normalized spacial score (nSPS) is 20.1. The summed E-state index contributed by atoms with van der Waals surface area (Å²) in [6.45, 7) is 6.26. The van der Waals surface area contributed by atoms with E-state index in [1.807, 2.05) is 4.90 Å². The van der Waals surface area contributed by atoms with Gasteiger partial charge in [0.2, 0.25) is 15.9 Å². The number of benzene rings is 1. The number of sulfonamides is 1. The molecule has 2 saturated heterocycles. The van der Waals surface area contributed by atoms with Crippen molar-refractivity contribution in [3.8, 4) is 0 Å². The molecule has 8 nitrogen and oxygen atoms in total. The number of ether oxygens (including phenoxy) is 1. The lowest BCUT2D eigenvalue weighted by Gasteiger charge is -2.42. The fourth-order valence-corrected chi connectivity index (χ4v) is 4.88. The third kappa shape index (κ3) is 6.48. The van der Waals surface area contributed by atoms with Crippen molar-refractivity contribution < 1.29 is 17.9 Å². The van der Waals surface area contributed by atoms with Gasteiger partial charge in [0, 0.05) is 51.9 Å². The number of nitrogens with one attached hydrogen (secondary N) is 1. The molecular weight excluding hydrogens is 392 g/mol. The maximum absolute atomic E-state index is 12.3. The zero-order valence-electron chi connectivity index (χ0n) is 17.1. The first kappa shape index (κ1) is 22.2. The Morgan fingerprint density at radius 2 is 1.72 bits per heavy atom. The Labute approximate surface area is 173 Å². The fourth-order valence-electron chi connectivity index (χ4n) is 3.85. The summed E-state index contributed by atoms with van der Waals surface area (Å²) < 4.78 is 32.1. The van der Waals surface area contributed by atoms with Crippen molar-refractivity contribution in [3.05, 3.63) is 30.3 Å². The summed E-state index contributed by atoms with van der Waals surface area (Å²) in [5, 5.41) is 0. The van der Waals surface area contributed by atoms with Crippen molar-refractivity contribution in [1.82, 2.24) is 19.4 Å². The van der Waals surface area contributed by atoms with Gasteiger partial charge in [0.25, 0.3) is 0 Å². The average molecular weight is 425 g/mol. The molecule has 0 atom stereocenters. The second-order valence-corrected chi connectivity index (χ2v) is 9.48. The van der Waals surface area contributed by atoms with Crippen LogP contribution in [0.3, 0.4) is 0 Å². The molecule has 0 bridgehead atoms. The van der Waals surface area contributed by atoms with E-state index in [9.17, 15) is 13.2 Å². The van der Waals surface area contributed by atoms with E-state index < -0.39 is 10.0 Å². The minimum Gasteiger partial charge on any atom is -0.370 e. The van der Waals surface area contributed by atoms with Gasteiger partial charge in [-0.05, 0) is 32.0 Å². The molecule has 0 unspecified atom stereocenters. The van der Waals surface area contributed by atoms with Crippen LogP contribution in [0.15, 0.2) is 35.2 Å². The van der Waals surface area contributed by atoms with E-state index in [0.29, 0.717) is 6.04 Å². The van der Waals surface area contributed by atoms with E-state index in [1.165, 1.54) is 0 Å². The number of nitrogens with zero attached hydrogens (tertiary/aromatic N) is 3. The monoisotopic (exact) mass is 424 g/mol. The van der Waals surface area contributed by atoms with Gasteiger partial charge in [0.1, 0.15) is 6.61 Å². The predicted octanol–water partition coefficient (Wildman–Crippen LogP) is 0.220. The summed E-state index contributed by atoms with van der Waals surface area (Å²) in [7, 11) is -1.38. The maximum atomic E-state index is 12.3. The van der Waals surface area contributed by atoms with E-state index >= 15 is 0 Å². The van der Waals surface area contributed by atoms with Crippen LogP contribution >= 0.6 is 0 Å². The molecule has 0 spiro atoms. The quantitative estimate of drug-likeness (QED) is 0.602. The third-order valence-electron chi connectivity index (χ3n) is 5.69. The summed E-state index contributed by atoms with van der Waals surface area (Å²) in [5.74, 6) is -0.0206. The number of carbonyl (C=O) groups excluding carboxylic acids is 1. The lowest BCUT2D eigenvalue weighted by molar-refractivity contribution is -0.137. The third-order valence-corrected chi connectivity index (χ3v) is 7.17. The van der Waals surface area contributed by atoms with Crippen molar-refractivity contribution in [2.24, 2.45) is 0 Å². The van der Waals surface area contributed by atoms with Crippen LogP contribution in [-0.2, 0) is 19.6 Å². The second kappa shape index (κ2) is 10.5. The van der Waals surface area contributed by atoms with Gasteiger partial charge in [0.15, 0.2) is 0 Å². The first-order valence-electron chi connectivity index (χ1n) is 10.3. The Balaban J connectivity index is 1.30. The number of carbonyl (C=O) groups is 1. The van der Waals surface area contributed by atoms with Gasteiger partial charge in [-0.1, -0.05) is 18.2 Å². The van der Waals surface area contributed by atoms with Gasteiger partial charge in [-0.25, -0.2) is 13.1 Å². The number of piperazine rings is 1. The number of hydrogen-bond acceptors (Lipinski definition) is 6. The Morgan fingerprint density at radius 1 is 1.07 bits per heavy atom. The largest absolute Gasteiger partial charge is 0.370 e. The highest BCUT2D eigenvalue weighted by Gasteiger charge is 2.28. The fraction of sp³-hybridized carbons (Fsp3) is 0.650. The highest BCUT2D eigenvalue weighted by Crippen LogP contribution is 2.18. The molecule has 0 aromatic heterocycles. The zero-order valence-corrected chi connectivity index (χ0v) is 17.9. The molecule has 1 amide bonds. The summed E-state index contributed by atoms with van der Waals surface area (Å²) in [4.78, 5) is 19.3. The molecule has 0 radical (unpaired) electrons. The topological polar surface area (TPSA) is 82.2 Å². The van der Waals surface area contributed by atoms with Crippen molar-refractivity contribution in [1.29, 1.82) is 0 Å². The molecule has 1 aromatic rings. The number of likely N-dealkylation sites (tertiary alicyclic amines) is 1. The van der Waals surface area contributed by atoms with Crippen molar-refractivity contribution in [2.75, 3.05) is 66.1 Å². The van der Waals surface area contributed by atoms with Crippen LogP contribution in [0.4, 0.5) is 0 Å². The molecule has 2 aliphatic heterocycles. The summed E-state index contributed by atoms with van der Waals surface area (Å²) in [6.07, 6.45) is 2.01. The summed E-state index contributed by atoms with van der Waals surface area (Å²) >= 11 is 0. The highest BCUT2D eigenvalue weighted by atomic mass is 32.2. The van der Waals surface area contributed by atoms with Crippen LogP contribution in [0.25, 0.3) is 0 Å². The van der Waals surface area contributed by atoms with Gasteiger partial charge in [0.05, 0.1) is 11.5 Å². The van der Waals surface area contributed by atoms with Crippen LogP contribution in [0, 0.1) is 0 Å². The minimum absolute atomic E-state index is 0.00770. The van der Waals surface area contributed by atoms with Gasteiger partial charge >= 0.3 is 0 Å². The van der Waals surface area contributed by atoms with E-state index in [-0.39, 0.29) is 30.6 Å². The Hall–Kier alpha value is -1.52. The molecule has 0 saturated carbocycles. The number of rotatable bonds is 8.